The van der Waals surface area contributed by atoms with Gasteiger partial charge in [0, 0.05) is 23.2 Å². The van der Waals surface area contributed by atoms with E-state index in [0.717, 1.165) is 22.4 Å². The van der Waals surface area contributed by atoms with E-state index >= 15 is 0 Å². The van der Waals surface area contributed by atoms with Crippen LogP contribution in [0.15, 0.2) is 78.9 Å². The fourth-order valence-electron chi connectivity index (χ4n) is 3.77. The zero-order valence-electron chi connectivity index (χ0n) is 19.3. The highest BCUT2D eigenvalue weighted by Crippen LogP contribution is 2.31. The van der Waals surface area contributed by atoms with Crippen molar-refractivity contribution in [1.82, 2.24) is 9.97 Å². The van der Waals surface area contributed by atoms with Crippen LogP contribution in [0.2, 0.25) is 5.02 Å². The first kappa shape index (κ1) is 24.2. The maximum atomic E-state index is 12.4. The molecule has 0 unspecified atom stereocenters. The van der Waals surface area contributed by atoms with Gasteiger partial charge in [-0.05, 0) is 41.0 Å². The predicted octanol–water partition coefficient (Wildman–Crippen LogP) is 5.23. The number of halogens is 1. The van der Waals surface area contributed by atoms with Gasteiger partial charge in [-0.25, -0.2) is 4.98 Å². The summed E-state index contributed by atoms with van der Waals surface area (Å²) in [4.78, 5) is 22.6. The number of aromatic nitrogens is 2. The molecule has 0 spiro atoms. The lowest BCUT2D eigenvalue weighted by atomic mass is 10.0. The SMILES string of the molecule is CC(=O)N(Cc1ccc(Cl)cc1)c1ccc(-c2c(N)nc(N)nc2COCc2ccccc2)cc1. The normalized spacial score (nSPS) is 10.8. The fraction of sp³-hybridized carbons (Fsp3) is 0.148. The third-order valence-corrected chi connectivity index (χ3v) is 5.73. The van der Waals surface area contributed by atoms with E-state index in [9.17, 15) is 4.79 Å². The maximum absolute atomic E-state index is 12.4. The monoisotopic (exact) mass is 487 g/mol. The molecule has 4 rings (SSSR count). The second kappa shape index (κ2) is 11.0. The molecule has 1 amide bonds. The van der Waals surface area contributed by atoms with Crippen molar-refractivity contribution in [2.45, 2.75) is 26.7 Å². The van der Waals surface area contributed by atoms with E-state index in [2.05, 4.69) is 9.97 Å². The zero-order chi connectivity index (χ0) is 24.8. The van der Waals surface area contributed by atoms with Crippen molar-refractivity contribution in [1.29, 1.82) is 0 Å². The van der Waals surface area contributed by atoms with Crippen molar-refractivity contribution in [3.8, 4) is 11.1 Å². The summed E-state index contributed by atoms with van der Waals surface area (Å²) in [5.41, 5.74) is 16.9. The van der Waals surface area contributed by atoms with E-state index in [1.54, 1.807) is 4.90 Å². The second-order valence-electron chi connectivity index (χ2n) is 8.05. The smallest absolute Gasteiger partial charge is 0.224 e. The van der Waals surface area contributed by atoms with Crippen molar-refractivity contribution in [2.24, 2.45) is 0 Å². The van der Waals surface area contributed by atoms with Gasteiger partial charge in [-0.2, -0.15) is 4.98 Å². The first-order valence-corrected chi connectivity index (χ1v) is 11.4. The van der Waals surface area contributed by atoms with Crippen LogP contribution in [0.5, 0.6) is 0 Å². The minimum Gasteiger partial charge on any atom is -0.383 e. The minimum atomic E-state index is -0.0713. The Labute approximate surface area is 209 Å². The number of nitrogen functional groups attached to an aromatic ring is 2. The largest absolute Gasteiger partial charge is 0.383 e. The van der Waals surface area contributed by atoms with Gasteiger partial charge in [0.25, 0.3) is 0 Å². The van der Waals surface area contributed by atoms with Crippen molar-refractivity contribution in [3.05, 3.63) is 101 Å². The molecule has 35 heavy (non-hydrogen) atoms. The quantitative estimate of drug-likeness (QED) is 0.352. The number of hydrogen-bond donors (Lipinski definition) is 2. The number of carbonyl (C=O) groups excluding carboxylic acids is 1. The lowest BCUT2D eigenvalue weighted by Crippen LogP contribution is -2.27. The third-order valence-electron chi connectivity index (χ3n) is 5.48. The highest BCUT2D eigenvalue weighted by atomic mass is 35.5. The highest BCUT2D eigenvalue weighted by Gasteiger charge is 2.16. The average molecular weight is 488 g/mol. The molecule has 4 N–H and O–H groups in total. The number of rotatable bonds is 8. The number of hydrogen-bond acceptors (Lipinski definition) is 6. The summed E-state index contributed by atoms with van der Waals surface area (Å²) in [6, 6.07) is 24.8. The maximum Gasteiger partial charge on any atom is 0.224 e. The molecule has 8 heteroatoms. The van der Waals surface area contributed by atoms with Crippen molar-refractivity contribution in [2.75, 3.05) is 16.4 Å². The number of amides is 1. The summed E-state index contributed by atoms with van der Waals surface area (Å²) in [5.74, 6) is 0.290. The van der Waals surface area contributed by atoms with Crippen LogP contribution >= 0.6 is 11.6 Å². The lowest BCUT2D eigenvalue weighted by molar-refractivity contribution is -0.116. The third kappa shape index (κ3) is 6.15. The van der Waals surface area contributed by atoms with E-state index < -0.39 is 0 Å². The van der Waals surface area contributed by atoms with Crippen LogP contribution in [-0.4, -0.2) is 15.9 Å². The summed E-state index contributed by atoms with van der Waals surface area (Å²) < 4.78 is 5.88. The topological polar surface area (TPSA) is 107 Å². The molecule has 7 nitrogen and oxygen atoms in total. The van der Waals surface area contributed by atoms with Crippen LogP contribution in [0.1, 0.15) is 23.7 Å². The Hall–Kier alpha value is -3.94. The lowest BCUT2D eigenvalue weighted by Gasteiger charge is -2.22. The number of nitrogens with two attached hydrogens (primary N) is 2. The zero-order valence-corrected chi connectivity index (χ0v) is 20.1. The first-order chi connectivity index (χ1) is 16.9. The van der Waals surface area contributed by atoms with Gasteiger partial charge in [-0.1, -0.05) is 66.2 Å². The van der Waals surface area contributed by atoms with Crippen LogP contribution < -0.4 is 16.4 Å². The number of ether oxygens (including phenoxy) is 1. The average Bonchev–Trinajstić information content (AvgIpc) is 2.84. The molecule has 4 aromatic rings. The molecule has 0 bridgehead atoms. The van der Waals surface area contributed by atoms with Gasteiger partial charge < -0.3 is 21.1 Å². The Balaban J connectivity index is 1.56. The summed E-state index contributed by atoms with van der Waals surface area (Å²) in [6.45, 7) is 2.62. The summed E-state index contributed by atoms with van der Waals surface area (Å²) in [7, 11) is 0. The van der Waals surface area contributed by atoms with Crippen LogP contribution in [-0.2, 0) is 29.3 Å². The summed E-state index contributed by atoms with van der Waals surface area (Å²) >= 11 is 5.98. The van der Waals surface area contributed by atoms with E-state index in [-0.39, 0.29) is 24.3 Å². The molecule has 0 aliphatic heterocycles. The molecule has 1 aromatic heterocycles. The highest BCUT2D eigenvalue weighted by molar-refractivity contribution is 6.30. The van der Waals surface area contributed by atoms with Crippen molar-refractivity contribution >= 4 is 35.0 Å². The first-order valence-electron chi connectivity index (χ1n) is 11.1. The number of nitrogens with zero attached hydrogens (tertiary/aromatic N) is 3. The molecule has 1 heterocycles. The molecule has 0 atom stereocenters. The van der Waals surface area contributed by atoms with Gasteiger partial charge in [0.1, 0.15) is 5.82 Å². The number of benzene rings is 3. The Bertz CT molecular complexity index is 1300. The predicted molar refractivity (Wildman–Crippen MR) is 140 cm³/mol. The number of anilines is 3. The Kier molecular flexibility index (Phi) is 7.60. The fourth-order valence-corrected chi connectivity index (χ4v) is 3.90. The van der Waals surface area contributed by atoms with Gasteiger partial charge in [-0.15, -0.1) is 0 Å². The van der Waals surface area contributed by atoms with Crippen LogP contribution in [0.25, 0.3) is 11.1 Å². The van der Waals surface area contributed by atoms with Gasteiger partial charge in [0.05, 0.1) is 25.5 Å². The second-order valence-corrected chi connectivity index (χ2v) is 8.48. The van der Waals surface area contributed by atoms with Crippen LogP contribution in [0, 0.1) is 0 Å². The molecule has 0 aliphatic rings. The summed E-state index contributed by atoms with van der Waals surface area (Å²) in [6.07, 6.45) is 0. The van der Waals surface area contributed by atoms with E-state index in [1.165, 1.54) is 6.92 Å². The Morgan fingerprint density at radius 2 is 1.57 bits per heavy atom. The molecule has 3 aromatic carbocycles. The molecule has 0 fully saturated rings. The molecular formula is C27H26ClN5O2. The van der Waals surface area contributed by atoms with Crippen LogP contribution in [0.4, 0.5) is 17.5 Å². The molecule has 178 valence electrons. The number of carbonyl (C=O) groups is 1. The standard InChI is InChI=1S/C27H26ClN5O2/c1-18(34)33(15-19-7-11-22(28)12-8-19)23-13-9-21(10-14-23)25-24(31-27(30)32-26(25)29)17-35-16-20-5-3-2-4-6-20/h2-14H,15-17H2,1H3,(H4,29,30,31,32). The van der Waals surface area contributed by atoms with Gasteiger partial charge in [0.2, 0.25) is 11.9 Å². The van der Waals surface area contributed by atoms with Crippen LogP contribution in [0.3, 0.4) is 0 Å². The van der Waals surface area contributed by atoms with E-state index in [1.807, 2.05) is 78.9 Å². The summed E-state index contributed by atoms with van der Waals surface area (Å²) in [5, 5.41) is 0.652. The van der Waals surface area contributed by atoms with Crippen molar-refractivity contribution < 1.29 is 9.53 Å². The minimum absolute atomic E-state index is 0.0713. The van der Waals surface area contributed by atoms with E-state index in [0.29, 0.717) is 29.4 Å². The van der Waals surface area contributed by atoms with Gasteiger partial charge in [-0.3, -0.25) is 4.79 Å². The van der Waals surface area contributed by atoms with Crippen molar-refractivity contribution in [3.63, 3.8) is 0 Å². The molecule has 0 aliphatic carbocycles. The Morgan fingerprint density at radius 3 is 2.23 bits per heavy atom. The molecule has 0 saturated carbocycles. The molecular weight excluding hydrogens is 462 g/mol. The van der Waals surface area contributed by atoms with Gasteiger partial charge in [0.15, 0.2) is 0 Å². The van der Waals surface area contributed by atoms with Gasteiger partial charge >= 0.3 is 0 Å². The van der Waals surface area contributed by atoms with E-state index in [4.69, 9.17) is 27.8 Å². The Morgan fingerprint density at radius 1 is 0.886 bits per heavy atom. The molecule has 0 saturated heterocycles. The molecule has 0 radical (unpaired) electrons.